The summed E-state index contributed by atoms with van der Waals surface area (Å²) in [6.07, 6.45) is 0. The third kappa shape index (κ3) is 6.00. The third-order valence-corrected chi connectivity index (χ3v) is 19.6. The van der Waals surface area contributed by atoms with Crippen LogP contribution in [0.2, 0.25) is 0 Å². The van der Waals surface area contributed by atoms with Gasteiger partial charge in [-0.15, -0.1) is 0 Å². The van der Waals surface area contributed by atoms with Gasteiger partial charge in [-0.05, 0) is 93.0 Å². The van der Waals surface area contributed by atoms with E-state index in [1.165, 1.54) is 91.7 Å². The van der Waals surface area contributed by atoms with Gasteiger partial charge in [0.2, 0.25) is 0 Å². The number of hydrogen-bond donors (Lipinski definition) is 0. The van der Waals surface area contributed by atoms with Crippen LogP contribution in [0.25, 0.3) is 93.6 Å². The van der Waals surface area contributed by atoms with Crippen molar-refractivity contribution >= 4 is 94.2 Å². The summed E-state index contributed by atoms with van der Waals surface area (Å²) in [6.45, 7) is 0. The Kier molecular flexibility index (Phi) is 9.23. The molecule has 0 bridgehead atoms. The highest BCUT2D eigenvalue weighted by atomic mass is 28.3. The normalized spacial score (nSPS) is 12.0. The molecular formula is C66H45N3Si. The molecule has 0 fully saturated rings. The van der Waals surface area contributed by atoms with E-state index < -0.39 is 8.07 Å². The first kappa shape index (κ1) is 40.1. The minimum Gasteiger partial charge on any atom is -0.309 e. The van der Waals surface area contributed by atoms with E-state index in [-0.39, 0.29) is 0 Å². The highest BCUT2D eigenvalue weighted by molar-refractivity contribution is 7.20. The van der Waals surface area contributed by atoms with Crippen molar-refractivity contribution in [1.82, 2.24) is 13.7 Å². The summed E-state index contributed by atoms with van der Waals surface area (Å²) in [5, 5.41) is 12.9. The topological polar surface area (TPSA) is 14.8 Å². The molecule has 3 nitrogen and oxygen atoms in total. The fraction of sp³-hybridized carbons (Fsp3) is 0. The van der Waals surface area contributed by atoms with Crippen molar-refractivity contribution in [3.63, 3.8) is 0 Å². The number of para-hydroxylation sites is 5. The average Bonchev–Trinajstić information content (AvgIpc) is 4.07. The molecule has 0 saturated carbocycles. The summed E-state index contributed by atoms with van der Waals surface area (Å²) < 4.78 is 7.38. The van der Waals surface area contributed by atoms with Crippen LogP contribution in [0.1, 0.15) is 0 Å². The molecule has 14 rings (SSSR count). The molecule has 11 aromatic carbocycles. The Labute approximate surface area is 407 Å². The molecular weight excluding hydrogens is 863 g/mol. The van der Waals surface area contributed by atoms with Crippen LogP contribution >= 0.6 is 0 Å². The first-order chi connectivity index (χ1) is 34.8. The Hall–Kier alpha value is -8.96. The number of rotatable bonds is 8. The Bertz CT molecular complexity index is 4150. The van der Waals surface area contributed by atoms with Crippen molar-refractivity contribution in [3.05, 3.63) is 273 Å². The van der Waals surface area contributed by atoms with E-state index in [1.54, 1.807) is 0 Å². The van der Waals surface area contributed by atoms with Gasteiger partial charge in [-0.3, -0.25) is 0 Å². The summed E-state index contributed by atoms with van der Waals surface area (Å²) in [4.78, 5) is 0. The van der Waals surface area contributed by atoms with E-state index in [9.17, 15) is 0 Å². The SMILES string of the molecule is c1ccc([Si](c2ccccc2)(c2ccccc2)c2ccc3c4ccccc4n(-c4ccccc4-c4cccc(-n5c6ccccc6c6cc(-n7c8ccccc8c8ccccc87)ccc65)c4)c3c2)cc1. The first-order valence-electron chi connectivity index (χ1n) is 24.2. The molecule has 0 unspecified atom stereocenters. The predicted molar refractivity (Wildman–Crippen MR) is 299 cm³/mol. The summed E-state index contributed by atoms with van der Waals surface area (Å²) >= 11 is 0. The lowest BCUT2D eigenvalue weighted by Gasteiger charge is -2.34. The van der Waals surface area contributed by atoms with Gasteiger partial charge >= 0.3 is 0 Å². The maximum Gasteiger partial charge on any atom is 0.179 e. The second kappa shape index (κ2) is 16.1. The summed E-state index contributed by atoms with van der Waals surface area (Å²) in [5.74, 6) is 0. The fourth-order valence-electron chi connectivity index (χ4n) is 11.8. The van der Waals surface area contributed by atoms with E-state index in [4.69, 9.17) is 0 Å². The van der Waals surface area contributed by atoms with Crippen LogP contribution in [-0.2, 0) is 0 Å². The van der Waals surface area contributed by atoms with Crippen LogP contribution in [-0.4, -0.2) is 21.8 Å². The lowest BCUT2D eigenvalue weighted by atomic mass is 10.0. The van der Waals surface area contributed by atoms with Crippen molar-refractivity contribution < 1.29 is 0 Å². The van der Waals surface area contributed by atoms with Crippen LogP contribution in [0, 0.1) is 0 Å². The Balaban J connectivity index is 0.963. The third-order valence-electron chi connectivity index (χ3n) is 14.8. The van der Waals surface area contributed by atoms with Crippen LogP contribution in [0.4, 0.5) is 0 Å². The van der Waals surface area contributed by atoms with Gasteiger partial charge in [-0.2, -0.15) is 0 Å². The van der Waals surface area contributed by atoms with Crippen molar-refractivity contribution in [2.75, 3.05) is 0 Å². The van der Waals surface area contributed by atoms with E-state index in [0.29, 0.717) is 0 Å². The van der Waals surface area contributed by atoms with Gasteiger partial charge in [-0.1, -0.05) is 206 Å². The van der Waals surface area contributed by atoms with Gasteiger partial charge in [-0.25, -0.2) is 0 Å². The van der Waals surface area contributed by atoms with Gasteiger partial charge in [0, 0.05) is 49.3 Å². The maximum absolute atomic E-state index is 2.81. The second-order valence-electron chi connectivity index (χ2n) is 18.4. The lowest BCUT2D eigenvalue weighted by molar-refractivity contribution is 1.16. The van der Waals surface area contributed by atoms with E-state index in [1.807, 2.05) is 0 Å². The molecule has 0 saturated heterocycles. The van der Waals surface area contributed by atoms with Crippen molar-refractivity contribution in [1.29, 1.82) is 0 Å². The predicted octanol–water partition coefficient (Wildman–Crippen LogP) is 14.0. The van der Waals surface area contributed by atoms with Crippen molar-refractivity contribution in [2.24, 2.45) is 0 Å². The van der Waals surface area contributed by atoms with Crippen LogP contribution in [0.15, 0.2) is 273 Å². The average molecular weight is 908 g/mol. The van der Waals surface area contributed by atoms with Crippen LogP contribution < -0.4 is 20.7 Å². The molecule has 70 heavy (non-hydrogen) atoms. The Morgan fingerprint density at radius 1 is 0.229 bits per heavy atom. The molecule has 0 N–H and O–H groups in total. The van der Waals surface area contributed by atoms with E-state index in [2.05, 4.69) is 287 Å². The Morgan fingerprint density at radius 2 is 0.657 bits per heavy atom. The maximum atomic E-state index is 2.52. The summed E-state index contributed by atoms with van der Waals surface area (Å²) in [5.41, 5.74) is 12.9. The monoisotopic (exact) mass is 907 g/mol. The Morgan fingerprint density at radius 3 is 1.21 bits per heavy atom. The smallest absolute Gasteiger partial charge is 0.179 e. The second-order valence-corrected chi connectivity index (χ2v) is 22.2. The quantitative estimate of drug-likeness (QED) is 0.107. The highest BCUT2D eigenvalue weighted by Crippen LogP contribution is 2.40. The molecule has 4 heteroatoms. The number of aromatic nitrogens is 3. The molecule has 0 radical (unpaired) electrons. The molecule has 14 aromatic rings. The highest BCUT2D eigenvalue weighted by Gasteiger charge is 2.41. The number of nitrogens with zero attached hydrogens (tertiary/aromatic N) is 3. The number of fused-ring (bicyclic) bond motifs is 9. The molecule has 0 atom stereocenters. The zero-order chi connectivity index (χ0) is 46.2. The van der Waals surface area contributed by atoms with Gasteiger partial charge in [0.1, 0.15) is 0 Å². The lowest BCUT2D eigenvalue weighted by Crippen LogP contribution is -2.74. The van der Waals surface area contributed by atoms with Crippen molar-refractivity contribution in [2.45, 2.75) is 0 Å². The molecule has 0 spiro atoms. The van der Waals surface area contributed by atoms with E-state index in [0.717, 1.165) is 22.6 Å². The van der Waals surface area contributed by atoms with E-state index >= 15 is 0 Å². The van der Waals surface area contributed by atoms with Gasteiger partial charge in [0.05, 0.1) is 38.8 Å². The largest absolute Gasteiger partial charge is 0.309 e. The molecule has 0 aliphatic rings. The van der Waals surface area contributed by atoms with Crippen molar-refractivity contribution in [3.8, 4) is 28.2 Å². The molecule has 0 aliphatic heterocycles. The zero-order valence-electron chi connectivity index (χ0n) is 38.3. The zero-order valence-corrected chi connectivity index (χ0v) is 39.3. The molecule has 328 valence electrons. The van der Waals surface area contributed by atoms with Gasteiger partial charge in [0.25, 0.3) is 0 Å². The minimum atomic E-state index is -2.81. The molecule has 3 heterocycles. The molecule has 3 aromatic heterocycles. The standard InChI is InChI=1S/C66H45N3Si/c1-4-23-49(24-5-1)70(50-25-6-2-7-26-50,51-27-8-3-9-28-51)52-40-41-58-56-32-13-19-38-64(56)69(66(58)45-52)60-34-15-10-29-53(60)46-21-20-22-47(43-46)67-63-37-18-14-33-57(63)59-44-48(39-42-65(59)67)68-61-35-16-11-30-54(61)55-31-12-17-36-62(55)68/h1-45H. The molecule has 0 aliphatic carbocycles. The van der Waals surface area contributed by atoms with Gasteiger partial charge in [0.15, 0.2) is 8.07 Å². The minimum absolute atomic E-state index is 1.12. The summed E-state index contributed by atoms with van der Waals surface area (Å²) in [6, 6.07) is 101. The number of benzene rings is 11. The summed E-state index contributed by atoms with van der Waals surface area (Å²) in [7, 11) is -2.81. The first-order valence-corrected chi connectivity index (χ1v) is 26.2. The van der Waals surface area contributed by atoms with Crippen LogP contribution in [0.5, 0.6) is 0 Å². The molecule has 0 amide bonds. The van der Waals surface area contributed by atoms with Gasteiger partial charge < -0.3 is 13.7 Å². The fourth-order valence-corrected chi connectivity index (χ4v) is 16.6. The van der Waals surface area contributed by atoms with Crippen LogP contribution in [0.3, 0.4) is 0 Å². The number of hydrogen-bond acceptors (Lipinski definition) is 0.